The van der Waals surface area contributed by atoms with Crippen LogP contribution in [0.25, 0.3) is 5.76 Å². The molecular weight excluding hydrogens is 346 g/mol. The summed E-state index contributed by atoms with van der Waals surface area (Å²) in [6.07, 6.45) is 7.05. The van der Waals surface area contributed by atoms with Gasteiger partial charge in [-0.25, -0.2) is 0 Å². The van der Waals surface area contributed by atoms with Crippen LogP contribution in [0.5, 0.6) is 0 Å². The van der Waals surface area contributed by atoms with Crippen LogP contribution < -0.4 is 0 Å². The summed E-state index contributed by atoms with van der Waals surface area (Å²) < 4.78 is 2.03. The van der Waals surface area contributed by atoms with Gasteiger partial charge in [0.2, 0.25) is 0 Å². The predicted octanol–water partition coefficient (Wildman–Crippen LogP) is 3.70. The highest BCUT2D eigenvalue weighted by atomic mass is 16.4. The van der Waals surface area contributed by atoms with Crippen molar-refractivity contribution in [1.82, 2.24) is 4.57 Å². The van der Waals surface area contributed by atoms with E-state index < -0.39 is 17.3 Å². The third-order valence-corrected chi connectivity index (χ3v) is 6.52. The summed E-state index contributed by atoms with van der Waals surface area (Å²) in [4.78, 5) is 36.9. The first-order chi connectivity index (χ1) is 13.0. The number of hydrogen-bond donors (Lipinski definition) is 2. The number of aromatic nitrogens is 1. The Labute approximate surface area is 157 Å². The van der Waals surface area contributed by atoms with Crippen LogP contribution in [0.3, 0.4) is 0 Å². The number of aliphatic hydroxyl groups excluding tert-OH is 1. The van der Waals surface area contributed by atoms with Gasteiger partial charge in [0.15, 0.2) is 17.3 Å². The zero-order chi connectivity index (χ0) is 19.2. The summed E-state index contributed by atoms with van der Waals surface area (Å²) >= 11 is 0. The number of hydrogen-bond acceptors (Lipinski definition) is 4. The van der Waals surface area contributed by atoms with E-state index in [-0.39, 0.29) is 30.0 Å². The van der Waals surface area contributed by atoms with Crippen LogP contribution in [0.4, 0.5) is 0 Å². The third kappa shape index (κ3) is 2.73. The number of nitrogens with zero attached hydrogens (tertiary/aromatic N) is 1. The highest BCUT2D eigenvalue weighted by molar-refractivity contribution is 6.27. The topological polar surface area (TPSA) is 96.6 Å². The van der Waals surface area contributed by atoms with Gasteiger partial charge < -0.3 is 14.8 Å². The van der Waals surface area contributed by atoms with Crippen molar-refractivity contribution < 1.29 is 24.6 Å². The molecule has 144 valence electrons. The molecule has 1 spiro atoms. The maximum atomic E-state index is 13.5. The van der Waals surface area contributed by atoms with E-state index in [0.717, 1.165) is 31.4 Å². The summed E-state index contributed by atoms with van der Waals surface area (Å²) in [5.41, 5.74) is 0.650. The van der Waals surface area contributed by atoms with E-state index in [2.05, 4.69) is 0 Å². The quantitative estimate of drug-likeness (QED) is 0.769. The zero-order valence-electron chi connectivity index (χ0n) is 15.4. The van der Waals surface area contributed by atoms with Crippen LogP contribution >= 0.6 is 0 Å². The first kappa shape index (κ1) is 18.0. The van der Waals surface area contributed by atoms with E-state index in [1.807, 2.05) is 16.7 Å². The van der Waals surface area contributed by atoms with Crippen molar-refractivity contribution in [2.75, 3.05) is 0 Å². The fourth-order valence-corrected chi connectivity index (χ4v) is 5.24. The zero-order valence-corrected chi connectivity index (χ0v) is 15.4. The van der Waals surface area contributed by atoms with Crippen molar-refractivity contribution >= 4 is 23.3 Å². The maximum absolute atomic E-state index is 13.5. The number of carboxylic acid groups (broad SMARTS) is 1. The molecule has 0 aromatic carbocycles. The number of carboxylic acids is 1. The molecule has 3 aliphatic rings. The molecule has 6 nitrogen and oxygen atoms in total. The highest BCUT2D eigenvalue weighted by Gasteiger charge is 2.51. The molecule has 0 radical (unpaired) electrons. The van der Waals surface area contributed by atoms with Crippen molar-refractivity contribution in [3.8, 4) is 0 Å². The van der Waals surface area contributed by atoms with Gasteiger partial charge in [-0.05, 0) is 43.7 Å². The Bertz CT molecular complexity index is 835. The summed E-state index contributed by atoms with van der Waals surface area (Å²) in [5, 5.41) is 19.7. The minimum absolute atomic E-state index is 0.193. The molecule has 0 atom stereocenters. The molecule has 4 rings (SSSR count). The van der Waals surface area contributed by atoms with Gasteiger partial charge in [0.05, 0.1) is 12.1 Å². The highest BCUT2D eigenvalue weighted by Crippen LogP contribution is 2.49. The summed E-state index contributed by atoms with van der Waals surface area (Å²) in [5.74, 6) is -1.87. The van der Waals surface area contributed by atoms with Gasteiger partial charge in [-0.3, -0.25) is 14.4 Å². The Morgan fingerprint density at radius 2 is 1.74 bits per heavy atom. The fourth-order valence-electron chi connectivity index (χ4n) is 5.24. The average Bonchev–Trinajstić information content (AvgIpc) is 3.38. The smallest absolute Gasteiger partial charge is 0.303 e. The van der Waals surface area contributed by atoms with Gasteiger partial charge >= 0.3 is 5.97 Å². The summed E-state index contributed by atoms with van der Waals surface area (Å²) in [6, 6.07) is 3.82. The van der Waals surface area contributed by atoms with E-state index >= 15 is 0 Å². The Hall–Kier alpha value is -2.37. The number of carbonyl (C=O) groups is 3. The van der Waals surface area contributed by atoms with Crippen molar-refractivity contribution in [2.24, 2.45) is 0 Å². The molecule has 1 aromatic heterocycles. The van der Waals surface area contributed by atoms with Crippen molar-refractivity contribution in [3.05, 3.63) is 29.1 Å². The van der Waals surface area contributed by atoms with E-state index in [0.29, 0.717) is 24.5 Å². The molecule has 2 N–H and O–H groups in total. The Morgan fingerprint density at radius 1 is 1.07 bits per heavy atom. The van der Waals surface area contributed by atoms with Gasteiger partial charge in [-0.15, -0.1) is 0 Å². The molecule has 2 fully saturated rings. The number of aliphatic carboxylic acids is 1. The van der Waals surface area contributed by atoms with Crippen LogP contribution in [0.15, 0.2) is 17.7 Å². The summed E-state index contributed by atoms with van der Waals surface area (Å²) in [7, 11) is 0. The molecule has 2 heterocycles. The van der Waals surface area contributed by atoms with Gasteiger partial charge in [0.25, 0.3) is 0 Å². The summed E-state index contributed by atoms with van der Waals surface area (Å²) in [6.45, 7) is 0. The second kappa shape index (κ2) is 6.66. The third-order valence-electron chi connectivity index (χ3n) is 6.52. The lowest BCUT2D eigenvalue weighted by Gasteiger charge is -2.38. The van der Waals surface area contributed by atoms with Gasteiger partial charge in [0.1, 0.15) is 11.1 Å². The number of aliphatic hydroxyl groups is 1. The lowest BCUT2D eigenvalue weighted by molar-refractivity contribution is -0.138. The standard InChI is InChI=1S/C21H25NO5/c23-16(9-10-17(24)25)18-19(26)15-8-7-14(13-5-1-2-6-13)22(15)21(20(18)27)11-3-4-12-21/h7-8,13,26H,1-6,9-12H2,(H,24,25). The Morgan fingerprint density at radius 3 is 2.37 bits per heavy atom. The first-order valence-corrected chi connectivity index (χ1v) is 9.91. The molecule has 0 unspecified atom stereocenters. The SMILES string of the molecule is O=C(O)CCC(=O)C1=C(O)c2ccc(C3CCCC3)n2C2(CCCC2)C1=O. The molecule has 2 aliphatic carbocycles. The fraction of sp³-hybridized carbons (Fsp3) is 0.571. The Balaban J connectivity index is 1.83. The number of ketones is 2. The molecule has 2 saturated carbocycles. The Kier molecular flexibility index (Phi) is 4.44. The second-order valence-electron chi connectivity index (χ2n) is 8.07. The first-order valence-electron chi connectivity index (χ1n) is 9.91. The van der Waals surface area contributed by atoms with Gasteiger partial charge in [0, 0.05) is 12.1 Å². The number of allylic oxidation sites excluding steroid dienone is 1. The lowest BCUT2D eigenvalue weighted by atomic mass is 9.80. The molecule has 0 amide bonds. The number of Topliss-reactive ketones (excluding diaryl/α,β-unsaturated/α-hetero) is 2. The molecule has 1 aliphatic heterocycles. The van der Waals surface area contributed by atoms with Crippen LogP contribution in [-0.4, -0.2) is 32.3 Å². The average molecular weight is 371 g/mol. The van der Waals surface area contributed by atoms with Crippen LogP contribution in [-0.2, 0) is 19.9 Å². The van der Waals surface area contributed by atoms with Gasteiger partial charge in [-0.2, -0.15) is 0 Å². The number of carbonyl (C=O) groups excluding carboxylic acids is 2. The van der Waals surface area contributed by atoms with E-state index in [1.54, 1.807) is 0 Å². The van der Waals surface area contributed by atoms with Crippen LogP contribution in [0, 0.1) is 0 Å². The van der Waals surface area contributed by atoms with E-state index in [9.17, 15) is 19.5 Å². The van der Waals surface area contributed by atoms with Crippen LogP contribution in [0.1, 0.15) is 81.5 Å². The van der Waals surface area contributed by atoms with Crippen LogP contribution in [0.2, 0.25) is 0 Å². The van der Waals surface area contributed by atoms with E-state index in [1.165, 1.54) is 12.8 Å². The minimum atomic E-state index is -1.09. The number of rotatable bonds is 5. The molecule has 0 bridgehead atoms. The normalized spacial score (nSPS) is 21.9. The van der Waals surface area contributed by atoms with E-state index in [4.69, 9.17) is 5.11 Å². The monoisotopic (exact) mass is 371 g/mol. The van der Waals surface area contributed by atoms with Gasteiger partial charge in [-0.1, -0.05) is 25.7 Å². The predicted molar refractivity (Wildman–Crippen MR) is 98.5 cm³/mol. The maximum Gasteiger partial charge on any atom is 0.303 e. The van der Waals surface area contributed by atoms with Crippen molar-refractivity contribution in [1.29, 1.82) is 0 Å². The van der Waals surface area contributed by atoms with Crippen molar-refractivity contribution in [3.63, 3.8) is 0 Å². The minimum Gasteiger partial charge on any atom is -0.505 e. The molecule has 27 heavy (non-hydrogen) atoms. The molecule has 1 aromatic rings. The lowest BCUT2D eigenvalue weighted by Crippen LogP contribution is -2.46. The second-order valence-corrected chi connectivity index (χ2v) is 8.07. The molecular formula is C21H25NO5. The van der Waals surface area contributed by atoms with Crippen molar-refractivity contribution in [2.45, 2.75) is 75.7 Å². The molecule has 6 heteroatoms. The number of fused-ring (bicyclic) bond motifs is 2. The molecule has 0 saturated heterocycles. The largest absolute Gasteiger partial charge is 0.505 e.